The molecule has 2 rings (SSSR count). The molecule has 0 N–H and O–H groups in total. The summed E-state index contributed by atoms with van der Waals surface area (Å²) in [6, 6.07) is 7.09. The minimum Gasteiger partial charge on any atom is -0.481 e. The standard InChI is InChI=1S/C13H12N2O3/c1-17-11-6-5-9(8-15-11)10-4-3-7-14-12(10)13(16)18-2/h3-8H,1-2H3. The molecule has 2 aromatic rings. The predicted molar refractivity (Wildman–Crippen MR) is 65.4 cm³/mol. The molecule has 0 atom stereocenters. The molecule has 0 radical (unpaired) electrons. The van der Waals surface area contributed by atoms with E-state index in [1.165, 1.54) is 7.11 Å². The molecule has 0 unspecified atom stereocenters. The average Bonchev–Trinajstić information content (AvgIpc) is 2.46. The molecule has 0 saturated carbocycles. The first-order chi connectivity index (χ1) is 8.76. The van der Waals surface area contributed by atoms with Crippen LogP contribution >= 0.6 is 0 Å². The zero-order chi connectivity index (χ0) is 13.0. The van der Waals surface area contributed by atoms with E-state index in [0.29, 0.717) is 11.4 Å². The summed E-state index contributed by atoms with van der Waals surface area (Å²) in [4.78, 5) is 19.7. The smallest absolute Gasteiger partial charge is 0.357 e. The van der Waals surface area contributed by atoms with E-state index in [-0.39, 0.29) is 5.69 Å². The summed E-state index contributed by atoms with van der Waals surface area (Å²) in [6.07, 6.45) is 3.18. The maximum Gasteiger partial charge on any atom is 0.357 e. The summed E-state index contributed by atoms with van der Waals surface area (Å²) in [7, 11) is 2.87. The minimum atomic E-state index is -0.471. The van der Waals surface area contributed by atoms with E-state index in [4.69, 9.17) is 9.47 Å². The summed E-state index contributed by atoms with van der Waals surface area (Å²) >= 11 is 0. The van der Waals surface area contributed by atoms with Crippen LogP contribution in [0.4, 0.5) is 0 Å². The van der Waals surface area contributed by atoms with E-state index >= 15 is 0 Å². The van der Waals surface area contributed by atoms with Crippen molar-refractivity contribution in [1.82, 2.24) is 9.97 Å². The highest BCUT2D eigenvalue weighted by molar-refractivity contribution is 5.94. The van der Waals surface area contributed by atoms with Crippen LogP contribution < -0.4 is 4.74 Å². The number of rotatable bonds is 3. The fourth-order valence-corrected chi connectivity index (χ4v) is 1.56. The van der Waals surface area contributed by atoms with Crippen molar-refractivity contribution in [3.05, 3.63) is 42.4 Å². The first-order valence-corrected chi connectivity index (χ1v) is 5.30. The van der Waals surface area contributed by atoms with Crippen molar-refractivity contribution in [1.29, 1.82) is 0 Å². The van der Waals surface area contributed by atoms with Gasteiger partial charge in [-0.2, -0.15) is 0 Å². The van der Waals surface area contributed by atoms with Gasteiger partial charge in [-0.05, 0) is 12.1 Å². The molecule has 0 fully saturated rings. The summed E-state index contributed by atoms with van der Waals surface area (Å²) < 4.78 is 9.68. The lowest BCUT2D eigenvalue weighted by atomic mass is 10.1. The van der Waals surface area contributed by atoms with Gasteiger partial charge in [-0.25, -0.2) is 14.8 Å². The number of methoxy groups -OCH3 is 2. The Bertz CT molecular complexity index is 552. The zero-order valence-electron chi connectivity index (χ0n) is 10.1. The third-order valence-corrected chi connectivity index (χ3v) is 2.44. The molecule has 0 aromatic carbocycles. The van der Waals surface area contributed by atoms with Crippen LogP contribution in [0.15, 0.2) is 36.7 Å². The third-order valence-electron chi connectivity index (χ3n) is 2.44. The molecule has 0 spiro atoms. The Morgan fingerprint density at radius 3 is 2.61 bits per heavy atom. The molecule has 5 nitrogen and oxygen atoms in total. The Labute approximate surface area is 104 Å². The van der Waals surface area contributed by atoms with Crippen molar-refractivity contribution in [3.8, 4) is 17.0 Å². The SMILES string of the molecule is COC(=O)c1ncccc1-c1ccc(OC)nc1. The maximum absolute atomic E-state index is 11.6. The van der Waals surface area contributed by atoms with E-state index < -0.39 is 5.97 Å². The van der Waals surface area contributed by atoms with Gasteiger partial charge in [-0.3, -0.25) is 0 Å². The van der Waals surface area contributed by atoms with Gasteiger partial charge in [0, 0.05) is 29.6 Å². The van der Waals surface area contributed by atoms with Gasteiger partial charge in [0.15, 0.2) is 5.69 Å². The Balaban J connectivity index is 2.46. The van der Waals surface area contributed by atoms with E-state index in [9.17, 15) is 4.79 Å². The van der Waals surface area contributed by atoms with Crippen LogP contribution in [0.1, 0.15) is 10.5 Å². The number of pyridine rings is 2. The molecule has 0 aliphatic rings. The van der Waals surface area contributed by atoms with Gasteiger partial charge in [0.25, 0.3) is 0 Å². The van der Waals surface area contributed by atoms with Crippen LogP contribution in [0, 0.1) is 0 Å². The van der Waals surface area contributed by atoms with Gasteiger partial charge >= 0.3 is 5.97 Å². The lowest BCUT2D eigenvalue weighted by molar-refractivity contribution is 0.0595. The van der Waals surface area contributed by atoms with Gasteiger partial charge in [0.1, 0.15) is 0 Å². The van der Waals surface area contributed by atoms with Crippen LogP contribution in [0.25, 0.3) is 11.1 Å². The van der Waals surface area contributed by atoms with Gasteiger partial charge in [-0.15, -0.1) is 0 Å². The summed E-state index contributed by atoms with van der Waals surface area (Å²) in [5, 5.41) is 0. The van der Waals surface area contributed by atoms with E-state index in [1.807, 2.05) is 6.07 Å². The molecule has 0 aliphatic heterocycles. The second-order valence-electron chi connectivity index (χ2n) is 3.48. The van der Waals surface area contributed by atoms with Gasteiger partial charge < -0.3 is 9.47 Å². The second-order valence-corrected chi connectivity index (χ2v) is 3.48. The molecule has 0 aliphatic carbocycles. The van der Waals surface area contributed by atoms with E-state index in [0.717, 1.165) is 5.56 Å². The number of esters is 1. The third kappa shape index (κ3) is 2.29. The first kappa shape index (κ1) is 12.0. The molecule has 18 heavy (non-hydrogen) atoms. The lowest BCUT2D eigenvalue weighted by Gasteiger charge is -2.07. The molecule has 2 aromatic heterocycles. The number of aromatic nitrogens is 2. The number of nitrogens with zero attached hydrogens (tertiary/aromatic N) is 2. The van der Waals surface area contributed by atoms with Crippen molar-refractivity contribution in [2.24, 2.45) is 0 Å². The van der Waals surface area contributed by atoms with Crippen LogP contribution in [-0.4, -0.2) is 30.2 Å². The molecular formula is C13H12N2O3. The molecule has 5 heteroatoms. The van der Waals surface area contributed by atoms with Crippen LogP contribution in [0.2, 0.25) is 0 Å². The van der Waals surface area contributed by atoms with Crippen molar-refractivity contribution >= 4 is 5.97 Å². The number of ether oxygens (including phenoxy) is 2. The highest BCUT2D eigenvalue weighted by atomic mass is 16.5. The summed E-state index contributed by atoms with van der Waals surface area (Å²) in [5.41, 5.74) is 1.73. The van der Waals surface area contributed by atoms with Crippen LogP contribution in [0.3, 0.4) is 0 Å². The van der Waals surface area contributed by atoms with Crippen LogP contribution in [-0.2, 0) is 4.74 Å². The largest absolute Gasteiger partial charge is 0.481 e. The Hall–Kier alpha value is -2.43. The van der Waals surface area contributed by atoms with Gasteiger partial charge in [0.2, 0.25) is 5.88 Å². The Morgan fingerprint density at radius 1 is 1.17 bits per heavy atom. The van der Waals surface area contributed by atoms with E-state index in [2.05, 4.69) is 9.97 Å². The summed E-state index contributed by atoms with van der Waals surface area (Å²) in [6.45, 7) is 0. The molecule has 0 amide bonds. The fraction of sp³-hybridized carbons (Fsp3) is 0.154. The second kappa shape index (κ2) is 5.27. The predicted octanol–water partition coefficient (Wildman–Crippen LogP) is 1.94. The topological polar surface area (TPSA) is 61.3 Å². The Morgan fingerprint density at radius 2 is 2.00 bits per heavy atom. The first-order valence-electron chi connectivity index (χ1n) is 5.30. The number of hydrogen-bond acceptors (Lipinski definition) is 5. The minimum absolute atomic E-state index is 0.270. The Kier molecular flexibility index (Phi) is 3.52. The van der Waals surface area contributed by atoms with Gasteiger partial charge in [-0.1, -0.05) is 6.07 Å². The number of hydrogen-bond donors (Lipinski definition) is 0. The van der Waals surface area contributed by atoms with Crippen molar-refractivity contribution in [3.63, 3.8) is 0 Å². The lowest BCUT2D eigenvalue weighted by Crippen LogP contribution is -2.06. The van der Waals surface area contributed by atoms with E-state index in [1.54, 1.807) is 37.7 Å². The number of carbonyl (C=O) groups excluding carboxylic acids is 1. The molecule has 2 heterocycles. The highest BCUT2D eigenvalue weighted by Crippen LogP contribution is 2.23. The van der Waals surface area contributed by atoms with Crippen molar-refractivity contribution in [2.45, 2.75) is 0 Å². The molecule has 0 saturated heterocycles. The quantitative estimate of drug-likeness (QED) is 0.772. The number of carbonyl (C=O) groups is 1. The molecular weight excluding hydrogens is 232 g/mol. The molecule has 92 valence electrons. The fourth-order valence-electron chi connectivity index (χ4n) is 1.56. The monoisotopic (exact) mass is 244 g/mol. The van der Waals surface area contributed by atoms with Gasteiger partial charge in [0.05, 0.1) is 14.2 Å². The average molecular weight is 244 g/mol. The maximum atomic E-state index is 11.6. The summed E-state index contributed by atoms with van der Waals surface area (Å²) in [5.74, 6) is 0.0451. The zero-order valence-corrected chi connectivity index (χ0v) is 10.1. The van der Waals surface area contributed by atoms with Crippen LogP contribution in [0.5, 0.6) is 5.88 Å². The molecule has 0 bridgehead atoms. The normalized spacial score (nSPS) is 9.89. The van der Waals surface area contributed by atoms with Crippen molar-refractivity contribution < 1.29 is 14.3 Å². The highest BCUT2D eigenvalue weighted by Gasteiger charge is 2.14. The van der Waals surface area contributed by atoms with Crippen molar-refractivity contribution in [2.75, 3.05) is 14.2 Å².